The van der Waals surface area contributed by atoms with E-state index >= 15 is 0 Å². The van der Waals surface area contributed by atoms with Gasteiger partial charge in [0.2, 0.25) is 5.91 Å². The highest BCUT2D eigenvalue weighted by atomic mass is 79.9. The van der Waals surface area contributed by atoms with Gasteiger partial charge in [-0.3, -0.25) is 9.59 Å². The number of carboxylic acid groups (broad SMARTS) is 1. The van der Waals surface area contributed by atoms with Crippen molar-refractivity contribution in [2.45, 2.75) is 19.4 Å². The first-order valence-corrected chi connectivity index (χ1v) is 6.56. The molecule has 4 nitrogen and oxygen atoms in total. The molecule has 1 fully saturated rings. The van der Waals surface area contributed by atoms with Gasteiger partial charge in [0.25, 0.3) is 0 Å². The lowest BCUT2D eigenvalue weighted by Gasteiger charge is -2.25. The molecule has 0 radical (unpaired) electrons. The highest BCUT2D eigenvalue weighted by Gasteiger charge is 2.36. The zero-order valence-electron chi connectivity index (χ0n) is 9.97. The summed E-state index contributed by atoms with van der Waals surface area (Å²) in [7, 11) is 0. The fraction of sp³-hybridized carbons (Fsp3) is 0.385. The van der Waals surface area contributed by atoms with Crippen LogP contribution in [-0.2, 0) is 9.59 Å². The summed E-state index contributed by atoms with van der Waals surface area (Å²) in [5, 5.41) is 8.95. The number of likely N-dealkylation sites (tertiary alicyclic amines) is 1. The van der Waals surface area contributed by atoms with E-state index in [1.165, 1.54) is 0 Å². The van der Waals surface area contributed by atoms with E-state index in [0.717, 1.165) is 10.0 Å². The highest BCUT2D eigenvalue weighted by molar-refractivity contribution is 9.10. The van der Waals surface area contributed by atoms with Gasteiger partial charge in [-0.2, -0.15) is 0 Å². The van der Waals surface area contributed by atoms with Crippen LogP contribution < -0.4 is 0 Å². The third kappa shape index (κ3) is 2.56. The van der Waals surface area contributed by atoms with Crippen molar-refractivity contribution in [2.75, 3.05) is 6.54 Å². The molecular formula is C13H14BrNO3. The van der Waals surface area contributed by atoms with E-state index in [4.69, 9.17) is 5.11 Å². The van der Waals surface area contributed by atoms with Crippen LogP contribution in [0.5, 0.6) is 0 Å². The van der Waals surface area contributed by atoms with Crippen LogP contribution in [0.2, 0.25) is 0 Å². The average molecular weight is 312 g/mol. The monoisotopic (exact) mass is 311 g/mol. The second kappa shape index (κ2) is 5.10. The predicted octanol–water partition coefficient (Wildman–Crippen LogP) is 2.44. The number of carboxylic acids is 1. The summed E-state index contributed by atoms with van der Waals surface area (Å²) in [5.74, 6) is -1.55. The van der Waals surface area contributed by atoms with Crippen molar-refractivity contribution in [1.29, 1.82) is 0 Å². The highest BCUT2D eigenvalue weighted by Crippen LogP contribution is 2.29. The van der Waals surface area contributed by atoms with Gasteiger partial charge in [0.15, 0.2) is 0 Å². The minimum absolute atomic E-state index is 0.0854. The van der Waals surface area contributed by atoms with E-state index in [2.05, 4.69) is 15.9 Å². The topological polar surface area (TPSA) is 57.6 Å². The summed E-state index contributed by atoms with van der Waals surface area (Å²) in [6.07, 6.45) is 0.107. The summed E-state index contributed by atoms with van der Waals surface area (Å²) in [5.41, 5.74) is 1.01. The second-order valence-corrected chi connectivity index (χ2v) is 5.43. The number of aliphatic carboxylic acids is 1. The molecular weight excluding hydrogens is 298 g/mol. The molecule has 1 saturated heterocycles. The van der Waals surface area contributed by atoms with E-state index in [9.17, 15) is 9.59 Å². The van der Waals surface area contributed by atoms with Crippen LogP contribution in [0.1, 0.15) is 24.9 Å². The molecule has 0 spiro atoms. The molecule has 1 aliphatic heterocycles. The summed E-state index contributed by atoms with van der Waals surface area (Å²) < 4.78 is 0.981. The quantitative estimate of drug-likeness (QED) is 0.932. The SMILES string of the molecule is C[C@@H](c1ccc(Br)cc1)N1CC(C(=O)O)CC1=O. The number of rotatable bonds is 3. The molecule has 18 heavy (non-hydrogen) atoms. The first kappa shape index (κ1) is 13.1. The summed E-state index contributed by atoms with van der Waals surface area (Å²) in [6.45, 7) is 2.22. The maximum Gasteiger partial charge on any atom is 0.308 e. The summed E-state index contributed by atoms with van der Waals surface area (Å²) in [4.78, 5) is 24.4. The van der Waals surface area contributed by atoms with E-state index in [0.29, 0.717) is 6.54 Å². The number of hydrogen-bond donors (Lipinski definition) is 1. The lowest BCUT2D eigenvalue weighted by Crippen LogP contribution is -2.29. The molecule has 5 heteroatoms. The molecule has 1 amide bonds. The van der Waals surface area contributed by atoms with Crippen LogP contribution in [0.25, 0.3) is 0 Å². The van der Waals surface area contributed by atoms with Gasteiger partial charge in [0.1, 0.15) is 0 Å². The Hall–Kier alpha value is -1.36. The van der Waals surface area contributed by atoms with Gasteiger partial charge < -0.3 is 10.0 Å². The lowest BCUT2D eigenvalue weighted by atomic mass is 10.1. The number of nitrogens with zero attached hydrogens (tertiary/aromatic N) is 1. The predicted molar refractivity (Wildman–Crippen MR) is 70.0 cm³/mol. The smallest absolute Gasteiger partial charge is 0.308 e. The summed E-state index contributed by atoms with van der Waals surface area (Å²) >= 11 is 3.36. The zero-order chi connectivity index (χ0) is 13.3. The number of carbonyl (C=O) groups excluding carboxylic acids is 1. The van der Waals surface area contributed by atoms with E-state index in [1.807, 2.05) is 31.2 Å². The molecule has 0 saturated carbocycles. The molecule has 2 atom stereocenters. The molecule has 1 aromatic carbocycles. The number of amides is 1. The minimum Gasteiger partial charge on any atom is -0.481 e. The molecule has 0 bridgehead atoms. The fourth-order valence-corrected chi connectivity index (χ4v) is 2.46. The third-order valence-corrected chi connectivity index (χ3v) is 3.86. The van der Waals surface area contributed by atoms with Gasteiger partial charge in [-0.1, -0.05) is 28.1 Å². The summed E-state index contributed by atoms with van der Waals surface area (Å²) in [6, 6.07) is 7.63. The molecule has 0 aliphatic carbocycles. The van der Waals surface area contributed by atoms with Gasteiger partial charge in [-0.05, 0) is 24.6 Å². The van der Waals surface area contributed by atoms with Crippen LogP contribution in [0.3, 0.4) is 0 Å². The molecule has 1 N–H and O–H groups in total. The van der Waals surface area contributed by atoms with Crippen LogP contribution in [-0.4, -0.2) is 28.4 Å². The second-order valence-electron chi connectivity index (χ2n) is 4.51. The molecule has 1 aliphatic rings. The Morgan fingerprint density at radius 1 is 1.44 bits per heavy atom. The molecule has 0 aromatic heterocycles. The molecule has 2 rings (SSSR count). The van der Waals surface area contributed by atoms with Crippen LogP contribution in [0, 0.1) is 5.92 Å². The normalized spacial score (nSPS) is 21.1. The van der Waals surface area contributed by atoms with Crippen LogP contribution in [0.15, 0.2) is 28.7 Å². The average Bonchev–Trinajstić information content (AvgIpc) is 2.71. The van der Waals surface area contributed by atoms with Gasteiger partial charge in [0.05, 0.1) is 12.0 Å². The molecule has 1 heterocycles. The molecule has 96 valence electrons. The Morgan fingerprint density at radius 2 is 2.06 bits per heavy atom. The Bertz CT molecular complexity index is 472. The number of benzene rings is 1. The molecule has 1 aromatic rings. The van der Waals surface area contributed by atoms with E-state index < -0.39 is 11.9 Å². The Morgan fingerprint density at radius 3 is 2.56 bits per heavy atom. The van der Waals surface area contributed by atoms with E-state index in [-0.39, 0.29) is 18.4 Å². The van der Waals surface area contributed by atoms with Gasteiger partial charge in [-0.25, -0.2) is 0 Å². The largest absolute Gasteiger partial charge is 0.481 e. The van der Waals surface area contributed by atoms with Crippen molar-refractivity contribution in [1.82, 2.24) is 4.90 Å². The number of hydrogen-bond acceptors (Lipinski definition) is 2. The van der Waals surface area contributed by atoms with Crippen molar-refractivity contribution >= 4 is 27.8 Å². The maximum absolute atomic E-state index is 11.8. The lowest BCUT2D eigenvalue weighted by molar-refractivity contribution is -0.141. The number of halogens is 1. The Kier molecular flexibility index (Phi) is 3.71. The van der Waals surface area contributed by atoms with Crippen LogP contribution in [0.4, 0.5) is 0 Å². The van der Waals surface area contributed by atoms with Crippen molar-refractivity contribution in [3.8, 4) is 0 Å². The van der Waals surface area contributed by atoms with E-state index in [1.54, 1.807) is 4.90 Å². The minimum atomic E-state index is -0.895. The van der Waals surface area contributed by atoms with Gasteiger partial charge in [0, 0.05) is 17.4 Å². The van der Waals surface area contributed by atoms with Crippen LogP contribution >= 0.6 is 15.9 Å². The zero-order valence-corrected chi connectivity index (χ0v) is 11.6. The van der Waals surface area contributed by atoms with Gasteiger partial charge >= 0.3 is 5.97 Å². The standard InChI is InChI=1S/C13H14BrNO3/c1-8(9-2-4-11(14)5-3-9)15-7-10(13(17)18)6-12(15)16/h2-5,8,10H,6-7H2,1H3,(H,17,18)/t8-,10?/m0/s1. The third-order valence-electron chi connectivity index (χ3n) is 3.33. The maximum atomic E-state index is 11.8. The van der Waals surface area contributed by atoms with Crippen molar-refractivity contribution in [3.63, 3.8) is 0 Å². The number of carbonyl (C=O) groups is 2. The Balaban J connectivity index is 2.14. The van der Waals surface area contributed by atoms with Gasteiger partial charge in [-0.15, -0.1) is 0 Å². The Labute approximate surface area is 114 Å². The van der Waals surface area contributed by atoms with Crippen molar-refractivity contribution < 1.29 is 14.7 Å². The van der Waals surface area contributed by atoms with Crippen molar-refractivity contribution in [3.05, 3.63) is 34.3 Å². The fourth-order valence-electron chi connectivity index (χ4n) is 2.19. The first-order chi connectivity index (χ1) is 8.49. The first-order valence-electron chi connectivity index (χ1n) is 5.76. The van der Waals surface area contributed by atoms with Crippen molar-refractivity contribution in [2.24, 2.45) is 5.92 Å². The molecule has 1 unspecified atom stereocenters.